The number of anilines is 3. The molecule has 6 nitrogen and oxygen atoms in total. The summed E-state index contributed by atoms with van der Waals surface area (Å²) in [5, 5.41) is 17.6. The summed E-state index contributed by atoms with van der Waals surface area (Å²) in [4.78, 5) is 9.02. The van der Waals surface area contributed by atoms with E-state index in [1.165, 1.54) is 24.8 Å². The molecule has 1 aliphatic rings. The lowest BCUT2D eigenvalue weighted by molar-refractivity contribution is 0.462. The van der Waals surface area contributed by atoms with E-state index in [9.17, 15) is 5.26 Å². The zero-order valence-corrected chi connectivity index (χ0v) is 18.2. The van der Waals surface area contributed by atoms with Gasteiger partial charge in [0.2, 0.25) is 0 Å². The maximum absolute atomic E-state index is 9.61. The van der Waals surface area contributed by atoms with E-state index in [0.717, 1.165) is 46.8 Å². The van der Waals surface area contributed by atoms with Crippen LogP contribution in [0.25, 0.3) is 16.7 Å². The topological polar surface area (TPSA) is 78.6 Å². The molecule has 2 N–H and O–H groups in total. The number of nitriles is 1. The van der Waals surface area contributed by atoms with Gasteiger partial charge >= 0.3 is 0 Å². The molecule has 5 rings (SSSR count). The minimum absolute atomic E-state index is 0.431. The van der Waals surface area contributed by atoms with Crippen LogP contribution in [0.5, 0.6) is 0 Å². The van der Waals surface area contributed by atoms with Crippen LogP contribution >= 0.6 is 0 Å². The number of nitrogens with one attached hydrogen (secondary N) is 2. The van der Waals surface area contributed by atoms with Gasteiger partial charge in [-0.1, -0.05) is 31.4 Å². The predicted octanol–water partition coefficient (Wildman–Crippen LogP) is 6.09. The third-order valence-electron chi connectivity index (χ3n) is 6.13. The molecular formula is C26H26N6. The second kappa shape index (κ2) is 8.72. The molecule has 0 atom stereocenters. The molecule has 0 aliphatic heterocycles. The largest absolute Gasteiger partial charge is 0.381 e. The smallest absolute Gasteiger partial charge is 0.150 e. The fourth-order valence-corrected chi connectivity index (χ4v) is 4.48. The number of hydrogen-bond donors (Lipinski definition) is 2. The number of benzene rings is 2. The summed E-state index contributed by atoms with van der Waals surface area (Å²) in [7, 11) is 0. The molecule has 160 valence electrons. The van der Waals surface area contributed by atoms with E-state index in [1.54, 1.807) is 6.33 Å². The van der Waals surface area contributed by atoms with Crippen molar-refractivity contribution in [1.29, 1.82) is 5.26 Å². The van der Waals surface area contributed by atoms with Gasteiger partial charge in [-0.3, -0.25) is 0 Å². The van der Waals surface area contributed by atoms with Crippen molar-refractivity contribution in [2.75, 3.05) is 10.6 Å². The Balaban J connectivity index is 1.49. The van der Waals surface area contributed by atoms with Crippen molar-refractivity contribution in [1.82, 2.24) is 14.5 Å². The van der Waals surface area contributed by atoms with Crippen molar-refractivity contribution in [2.24, 2.45) is 0 Å². The lowest BCUT2D eigenvalue weighted by atomic mass is 9.95. The highest BCUT2D eigenvalue weighted by Crippen LogP contribution is 2.29. The zero-order valence-electron chi connectivity index (χ0n) is 18.2. The van der Waals surface area contributed by atoms with Gasteiger partial charge in [0.05, 0.1) is 16.6 Å². The van der Waals surface area contributed by atoms with Crippen molar-refractivity contribution in [3.8, 4) is 11.8 Å². The maximum atomic E-state index is 9.61. The van der Waals surface area contributed by atoms with Crippen molar-refractivity contribution in [3.05, 3.63) is 72.2 Å². The Morgan fingerprint density at radius 1 is 1.03 bits per heavy atom. The lowest BCUT2D eigenvalue weighted by Crippen LogP contribution is -2.22. The van der Waals surface area contributed by atoms with Gasteiger partial charge in [0.25, 0.3) is 0 Å². The molecule has 0 unspecified atom stereocenters. The van der Waals surface area contributed by atoms with Crippen LogP contribution in [0.1, 0.15) is 43.2 Å². The van der Waals surface area contributed by atoms with Gasteiger partial charge < -0.3 is 15.2 Å². The van der Waals surface area contributed by atoms with Crippen LogP contribution in [0, 0.1) is 18.3 Å². The molecule has 1 saturated carbocycles. The summed E-state index contributed by atoms with van der Waals surface area (Å²) >= 11 is 0. The molecule has 0 radical (unpaired) electrons. The van der Waals surface area contributed by atoms with Gasteiger partial charge in [-0.05, 0) is 61.7 Å². The highest BCUT2D eigenvalue weighted by atomic mass is 15.1. The normalized spacial score (nSPS) is 14.2. The van der Waals surface area contributed by atoms with Crippen LogP contribution in [0.4, 0.5) is 17.2 Å². The van der Waals surface area contributed by atoms with Crippen molar-refractivity contribution in [3.63, 3.8) is 0 Å². The Bertz CT molecular complexity index is 1290. The molecule has 0 spiro atoms. The molecule has 4 aromatic rings. The standard InChI is InChI=1S/C26H26N6/c1-18-6-5-9-21(14-18)31-25-23-12-13-32(26(23)29-17-28-25)22-11-10-19(16-27)24(15-22)30-20-7-3-2-4-8-20/h5-6,9-15,17,20,30H,2-4,7-8H2,1H3,(H,28,29,31). The second-order valence-corrected chi connectivity index (χ2v) is 8.46. The van der Waals surface area contributed by atoms with E-state index in [-0.39, 0.29) is 0 Å². The highest BCUT2D eigenvalue weighted by molar-refractivity contribution is 5.90. The molecule has 1 fully saturated rings. The first-order valence-corrected chi connectivity index (χ1v) is 11.2. The molecule has 0 saturated heterocycles. The third kappa shape index (κ3) is 4.02. The first-order chi connectivity index (χ1) is 15.7. The fourth-order valence-electron chi connectivity index (χ4n) is 4.48. The van der Waals surface area contributed by atoms with Crippen LogP contribution in [0.15, 0.2) is 61.1 Å². The summed E-state index contributed by atoms with van der Waals surface area (Å²) < 4.78 is 2.05. The number of rotatable bonds is 5. The molecule has 2 aromatic carbocycles. The van der Waals surface area contributed by atoms with Crippen molar-refractivity contribution >= 4 is 28.2 Å². The molecule has 2 aromatic heterocycles. The van der Waals surface area contributed by atoms with E-state index in [2.05, 4.69) is 51.8 Å². The Morgan fingerprint density at radius 3 is 2.72 bits per heavy atom. The number of aromatic nitrogens is 3. The van der Waals surface area contributed by atoms with Gasteiger partial charge in [-0.2, -0.15) is 5.26 Å². The van der Waals surface area contributed by atoms with Crippen LogP contribution in [-0.4, -0.2) is 20.6 Å². The van der Waals surface area contributed by atoms with Gasteiger partial charge in [0, 0.05) is 23.6 Å². The molecule has 0 amide bonds. The molecule has 6 heteroatoms. The van der Waals surface area contributed by atoms with Crippen molar-refractivity contribution in [2.45, 2.75) is 45.1 Å². The minimum atomic E-state index is 0.431. The van der Waals surface area contributed by atoms with Crippen LogP contribution in [0.2, 0.25) is 0 Å². The van der Waals surface area contributed by atoms with Crippen LogP contribution in [0.3, 0.4) is 0 Å². The second-order valence-electron chi connectivity index (χ2n) is 8.46. The summed E-state index contributed by atoms with van der Waals surface area (Å²) in [6, 6.07) is 18.9. The molecule has 2 heterocycles. The number of aryl methyl sites for hydroxylation is 1. The van der Waals surface area contributed by atoms with Crippen LogP contribution in [-0.2, 0) is 0 Å². The summed E-state index contributed by atoms with van der Waals surface area (Å²) in [6.45, 7) is 2.07. The third-order valence-corrected chi connectivity index (χ3v) is 6.13. The number of fused-ring (bicyclic) bond motifs is 1. The van der Waals surface area contributed by atoms with E-state index < -0.39 is 0 Å². The zero-order chi connectivity index (χ0) is 21.9. The van der Waals surface area contributed by atoms with Gasteiger partial charge in [-0.15, -0.1) is 0 Å². The molecule has 0 bridgehead atoms. The lowest BCUT2D eigenvalue weighted by Gasteiger charge is -2.24. The average molecular weight is 423 g/mol. The van der Waals surface area contributed by atoms with Gasteiger partial charge in [0.1, 0.15) is 23.9 Å². The number of nitrogens with zero attached hydrogens (tertiary/aromatic N) is 4. The van der Waals surface area contributed by atoms with E-state index in [1.807, 2.05) is 41.1 Å². The summed E-state index contributed by atoms with van der Waals surface area (Å²) in [5.41, 5.74) is 5.54. The first kappa shape index (κ1) is 20.1. The maximum Gasteiger partial charge on any atom is 0.150 e. The quantitative estimate of drug-likeness (QED) is 0.407. The van der Waals surface area contributed by atoms with E-state index in [0.29, 0.717) is 11.6 Å². The SMILES string of the molecule is Cc1cccc(Nc2ncnc3c2ccn3-c2ccc(C#N)c(NC3CCCCC3)c2)c1. The Morgan fingerprint density at radius 2 is 1.91 bits per heavy atom. The Labute approximate surface area is 187 Å². The monoisotopic (exact) mass is 422 g/mol. The summed E-state index contributed by atoms with van der Waals surface area (Å²) in [5.74, 6) is 0.772. The van der Waals surface area contributed by atoms with Crippen LogP contribution < -0.4 is 10.6 Å². The highest BCUT2D eigenvalue weighted by Gasteiger charge is 2.16. The van der Waals surface area contributed by atoms with Gasteiger partial charge in [-0.25, -0.2) is 9.97 Å². The predicted molar refractivity (Wildman–Crippen MR) is 129 cm³/mol. The van der Waals surface area contributed by atoms with Crippen molar-refractivity contribution < 1.29 is 0 Å². The number of hydrogen-bond acceptors (Lipinski definition) is 5. The molecular weight excluding hydrogens is 396 g/mol. The Kier molecular flexibility index (Phi) is 5.47. The Hall–Kier alpha value is -3.85. The van der Waals surface area contributed by atoms with E-state index in [4.69, 9.17) is 0 Å². The van der Waals surface area contributed by atoms with Gasteiger partial charge in [0.15, 0.2) is 0 Å². The first-order valence-electron chi connectivity index (χ1n) is 11.2. The van der Waals surface area contributed by atoms with E-state index >= 15 is 0 Å². The minimum Gasteiger partial charge on any atom is -0.381 e. The fraction of sp³-hybridized carbons (Fsp3) is 0.269. The molecule has 32 heavy (non-hydrogen) atoms. The molecule has 1 aliphatic carbocycles. The summed E-state index contributed by atoms with van der Waals surface area (Å²) in [6.07, 6.45) is 9.70. The average Bonchev–Trinajstić information content (AvgIpc) is 3.25.